The molecule has 2 aliphatic carbocycles. The normalized spacial score (nSPS) is 28.4. The lowest BCUT2D eigenvalue weighted by molar-refractivity contribution is 0.000446. The van der Waals surface area contributed by atoms with Crippen LogP contribution in [0.15, 0.2) is 0 Å². The lowest BCUT2D eigenvalue weighted by Crippen LogP contribution is -2.47. The van der Waals surface area contributed by atoms with Crippen molar-refractivity contribution >= 4 is 0 Å². The van der Waals surface area contributed by atoms with E-state index >= 15 is 0 Å². The van der Waals surface area contributed by atoms with Crippen molar-refractivity contribution in [3.8, 4) is 0 Å². The molecule has 0 unspecified atom stereocenters. The minimum atomic E-state index is -0.367. The minimum Gasteiger partial charge on any atom is -0.389 e. The maximum Gasteiger partial charge on any atom is 0.0771 e. The van der Waals surface area contributed by atoms with E-state index in [9.17, 15) is 5.11 Å². The van der Waals surface area contributed by atoms with Crippen molar-refractivity contribution in [1.29, 1.82) is 0 Å². The van der Waals surface area contributed by atoms with Gasteiger partial charge in [0.2, 0.25) is 0 Å². The first-order valence-electron chi connectivity index (χ1n) is 5.74. The molecule has 2 nitrogen and oxygen atoms in total. The molecular weight excluding hydrogens is 162 g/mol. The Kier molecular flexibility index (Phi) is 2.89. The largest absolute Gasteiger partial charge is 0.389 e. The Hall–Kier alpha value is -0.0800. The van der Waals surface area contributed by atoms with Gasteiger partial charge in [-0.3, -0.25) is 0 Å². The zero-order chi connectivity index (χ0) is 9.15. The first kappa shape index (κ1) is 9.47. The molecule has 0 heterocycles. The molecule has 0 aromatic rings. The molecule has 2 rings (SSSR count). The van der Waals surface area contributed by atoms with Crippen LogP contribution in [0.2, 0.25) is 0 Å². The minimum absolute atomic E-state index is 0.367. The molecular formula is C11H21NO. The molecule has 0 saturated heterocycles. The summed E-state index contributed by atoms with van der Waals surface area (Å²) in [5, 5.41) is 13.7. The number of aliphatic hydroxyl groups is 1. The van der Waals surface area contributed by atoms with E-state index in [1.165, 1.54) is 38.5 Å². The molecule has 2 heteroatoms. The van der Waals surface area contributed by atoms with Gasteiger partial charge < -0.3 is 10.4 Å². The van der Waals surface area contributed by atoms with E-state index < -0.39 is 0 Å². The van der Waals surface area contributed by atoms with Gasteiger partial charge in [0.25, 0.3) is 0 Å². The SMILES string of the molecule is OC1(CNC2CCC2)CCCCC1. The van der Waals surface area contributed by atoms with E-state index in [1.807, 2.05) is 0 Å². The Morgan fingerprint density at radius 2 is 1.77 bits per heavy atom. The Morgan fingerprint density at radius 3 is 2.31 bits per heavy atom. The molecule has 0 aromatic heterocycles. The highest BCUT2D eigenvalue weighted by atomic mass is 16.3. The summed E-state index contributed by atoms with van der Waals surface area (Å²) in [7, 11) is 0. The Labute approximate surface area is 80.7 Å². The van der Waals surface area contributed by atoms with Crippen LogP contribution in [0.4, 0.5) is 0 Å². The molecule has 0 spiro atoms. The second-order valence-corrected chi connectivity index (χ2v) is 4.79. The van der Waals surface area contributed by atoms with E-state index in [0.29, 0.717) is 6.04 Å². The zero-order valence-electron chi connectivity index (χ0n) is 8.39. The fourth-order valence-corrected chi connectivity index (χ4v) is 2.33. The standard InChI is InChI=1S/C11H21NO/c13-11(7-2-1-3-8-11)9-12-10-5-4-6-10/h10,12-13H,1-9H2. The molecule has 76 valence electrons. The monoisotopic (exact) mass is 183 g/mol. The predicted molar refractivity (Wildman–Crippen MR) is 53.7 cm³/mol. The number of hydrogen-bond acceptors (Lipinski definition) is 2. The van der Waals surface area contributed by atoms with Crippen molar-refractivity contribution in [2.24, 2.45) is 0 Å². The average Bonchev–Trinajstić information content (AvgIpc) is 2.02. The third-order valence-corrected chi connectivity index (χ3v) is 3.61. The fraction of sp³-hybridized carbons (Fsp3) is 1.00. The number of hydrogen-bond donors (Lipinski definition) is 2. The molecule has 2 N–H and O–H groups in total. The zero-order valence-corrected chi connectivity index (χ0v) is 8.39. The van der Waals surface area contributed by atoms with Gasteiger partial charge in [-0.25, -0.2) is 0 Å². The second kappa shape index (κ2) is 3.97. The molecule has 0 aromatic carbocycles. The highest BCUT2D eigenvalue weighted by Gasteiger charge is 2.30. The van der Waals surface area contributed by atoms with Gasteiger partial charge in [0.15, 0.2) is 0 Å². The topological polar surface area (TPSA) is 32.3 Å². The molecule has 0 aliphatic heterocycles. The van der Waals surface area contributed by atoms with Gasteiger partial charge in [-0.1, -0.05) is 25.7 Å². The van der Waals surface area contributed by atoms with Crippen LogP contribution in [0.25, 0.3) is 0 Å². The van der Waals surface area contributed by atoms with Gasteiger partial charge in [0, 0.05) is 12.6 Å². The van der Waals surface area contributed by atoms with Crippen molar-refractivity contribution in [2.45, 2.75) is 63.0 Å². The first-order valence-corrected chi connectivity index (χ1v) is 5.74. The summed E-state index contributed by atoms with van der Waals surface area (Å²) in [5.41, 5.74) is -0.367. The molecule has 0 bridgehead atoms. The van der Waals surface area contributed by atoms with Crippen LogP contribution in [0.1, 0.15) is 51.4 Å². The third-order valence-electron chi connectivity index (χ3n) is 3.61. The summed E-state index contributed by atoms with van der Waals surface area (Å²) in [6, 6.07) is 0.714. The van der Waals surface area contributed by atoms with E-state index in [1.54, 1.807) is 0 Å². The van der Waals surface area contributed by atoms with Crippen LogP contribution in [-0.2, 0) is 0 Å². The average molecular weight is 183 g/mol. The highest BCUT2D eigenvalue weighted by molar-refractivity contribution is 4.87. The lowest BCUT2D eigenvalue weighted by atomic mass is 9.84. The maximum atomic E-state index is 10.2. The quantitative estimate of drug-likeness (QED) is 0.699. The fourth-order valence-electron chi connectivity index (χ4n) is 2.33. The Morgan fingerprint density at radius 1 is 1.08 bits per heavy atom. The van der Waals surface area contributed by atoms with Gasteiger partial charge in [0.05, 0.1) is 5.60 Å². The summed E-state index contributed by atoms with van der Waals surface area (Å²) >= 11 is 0. The molecule has 0 amide bonds. The number of rotatable bonds is 3. The van der Waals surface area contributed by atoms with Crippen LogP contribution in [0.3, 0.4) is 0 Å². The molecule has 13 heavy (non-hydrogen) atoms. The van der Waals surface area contributed by atoms with E-state index in [2.05, 4.69) is 5.32 Å². The van der Waals surface area contributed by atoms with Crippen LogP contribution in [-0.4, -0.2) is 23.3 Å². The Balaban J connectivity index is 1.71. The van der Waals surface area contributed by atoms with Gasteiger partial charge >= 0.3 is 0 Å². The van der Waals surface area contributed by atoms with Gasteiger partial charge in [-0.05, 0) is 25.7 Å². The molecule has 0 atom stereocenters. The molecule has 2 fully saturated rings. The summed E-state index contributed by atoms with van der Waals surface area (Å²) in [6.07, 6.45) is 9.75. The van der Waals surface area contributed by atoms with Gasteiger partial charge in [0.1, 0.15) is 0 Å². The van der Waals surface area contributed by atoms with Crippen LogP contribution in [0, 0.1) is 0 Å². The second-order valence-electron chi connectivity index (χ2n) is 4.79. The van der Waals surface area contributed by atoms with Crippen LogP contribution in [0.5, 0.6) is 0 Å². The van der Waals surface area contributed by atoms with Crippen molar-refractivity contribution in [3.05, 3.63) is 0 Å². The molecule has 0 radical (unpaired) electrons. The van der Waals surface area contributed by atoms with E-state index in [0.717, 1.165) is 19.4 Å². The smallest absolute Gasteiger partial charge is 0.0771 e. The van der Waals surface area contributed by atoms with Gasteiger partial charge in [-0.15, -0.1) is 0 Å². The van der Waals surface area contributed by atoms with Crippen molar-refractivity contribution in [3.63, 3.8) is 0 Å². The first-order chi connectivity index (χ1) is 6.29. The number of nitrogens with one attached hydrogen (secondary N) is 1. The Bertz CT molecular complexity index is 159. The maximum absolute atomic E-state index is 10.2. The predicted octanol–water partition coefficient (Wildman–Crippen LogP) is 1.82. The van der Waals surface area contributed by atoms with E-state index in [4.69, 9.17) is 0 Å². The highest BCUT2D eigenvalue weighted by Crippen LogP contribution is 2.28. The summed E-state index contributed by atoms with van der Waals surface area (Å²) in [5.74, 6) is 0. The van der Waals surface area contributed by atoms with E-state index in [-0.39, 0.29) is 5.60 Å². The third kappa shape index (κ3) is 2.44. The molecule has 2 saturated carbocycles. The van der Waals surface area contributed by atoms with Gasteiger partial charge in [-0.2, -0.15) is 0 Å². The van der Waals surface area contributed by atoms with Crippen LogP contribution >= 0.6 is 0 Å². The van der Waals surface area contributed by atoms with Crippen LogP contribution < -0.4 is 5.32 Å². The summed E-state index contributed by atoms with van der Waals surface area (Å²) in [4.78, 5) is 0. The van der Waals surface area contributed by atoms with Crippen molar-refractivity contribution in [1.82, 2.24) is 5.32 Å². The summed E-state index contributed by atoms with van der Waals surface area (Å²) in [6.45, 7) is 0.831. The molecule has 2 aliphatic rings. The van der Waals surface area contributed by atoms with Crippen molar-refractivity contribution < 1.29 is 5.11 Å². The van der Waals surface area contributed by atoms with Crippen molar-refractivity contribution in [2.75, 3.05) is 6.54 Å². The lowest BCUT2D eigenvalue weighted by Gasteiger charge is -2.36. The summed E-state index contributed by atoms with van der Waals surface area (Å²) < 4.78 is 0.